The van der Waals surface area contributed by atoms with E-state index in [0.717, 1.165) is 23.7 Å². The van der Waals surface area contributed by atoms with Crippen LogP contribution in [0.25, 0.3) is 0 Å². The molecule has 0 radical (unpaired) electrons. The summed E-state index contributed by atoms with van der Waals surface area (Å²) >= 11 is 9.21. The molecule has 1 aliphatic carbocycles. The first-order valence-corrected chi connectivity index (χ1v) is 7.07. The van der Waals surface area contributed by atoms with Gasteiger partial charge in [-0.25, -0.2) is 0 Å². The zero-order valence-electron chi connectivity index (χ0n) is 9.88. The first-order chi connectivity index (χ1) is 8.54. The fourth-order valence-corrected chi connectivity index (χ4v) is 2.84. The number of halogens is 2. The van der Waals surface area contributed by atoms with E-state index in [0.29, 0.717) is 17.1 Å². The summed E-state index contributed by atoms with van der Waals surface area (Å²) in [5.74, 6) is -0.123. The number of nitrogens with one attached hydrogen (secondary N) is 1. The summed E-state index contributed by atoms with van der Waals surface area (Å²) in [6.45, 7) is 0.801. The Bertz CT molecular complexity index is 440. The molecule has 5 heteroatoms. The third-order valence-electron chi connectivity index (χ3n) is 3.35. The van der Waals surface area contributed by atoms with E-state index in [1.54, 1.807) is 18.2 Å². The first kappa shape index (κ1) is 13.8. The van der Waals surface area contributed by atoms with Crippen LogP contribution in [0.1, 0.15) is 29.6 Å². The van der Waals surface area contributed by atoms with Crippen LogP contribution in [-0.4, -0.2) is 24.2 Å². The lowest BCUT2D eigenvalue weighted by Gasteiger charge is -2.14. The minimum absolute atomic E-state index is 0.123. The summed E-state index contributed by atoms with van der Waals surface area (Å²) in [7, 11) is 0. The molecule has 1 aromatic rings. The van der Waals surface area contributed by atoms with Gasteiger partial charge in [-0.3, -0.25) is 4.79 Å². The molecular formula is C13H15BrClNO2. The van der Waals surface area contributed by atoms with E-state index in [2.05, 4.69) is 21.2 Å². The van der Waals surface area contributed by atoms with Crippen LogP contribution in [0.15, 0.2) is 22.7 Å². The average Bonchev–Trinajstić information content (AvgIpc) is 3.06. The Labute approximate surface area is 120 Å². The molecule has 0 atom stereocenters. The minimum Gasteiger partial charge on any atom is -0.396 e. The molecule has 98 valence electrons. The minimum atomic E-state index is -0.123. The maximum absolute atomic E-state index is 12.0. The van der Waals surface area contributed by atoms with Crippen LogP contribution >= 0.6 is 27.5 Å². The molecule has 0 bridgehead atoms. The van der Waals surface area contributed by atoms with Crippen LogP contribution in [0.2, 0.25) is 5.02 Å². The van der Waals surface area contributed by atoms with Gasteiger partial charge in [0, 0.05) is 28.2 Å². The Morgan fingerprint density at radius 2 is 2.17 bits per heavy atom. The largest absolute Gasteiger partial charge is 0.396 e. The highest BCUT2D eigenvalue weighted by atomic mass is 79.9. The van der Waals surface area contributed by atoms with Crippen molar-refractivity contribution >= 4 is 33.4 Å². The molecule has 3 nitrogen and oxygen atoms in total. The number of hydrogen-bond acceptors (Lipinski definition) is 2. The molecule has 0 heterocycles. The van der Waals surface area contributed by atoms with Gasteiger partial charge in [0.1, 0.15) is 0 Å². The third kappa shape index (κ3) is 3.46. The third-order valence-corrected chi connectivity index (χ3v) is 4.02. The molecule has 0 saturated heterocycles. The van der Waals surface area contributed by atoms with Crippen LogP contribution < -0.4 is 5.32 Å². The number of benzene rings is 1. The number of aliphatic hydroxyl groups is 1. The Morgan fingerprint density at radius 3 is 2.72 bits per heavy atom. The fraction of sp³-hybridized carbons (Fsp3) is 0.462. The Morgan fingerprint density at radius 1 is 1.44 bits per heavy atom. The average molecular weight is 333 g/mol. The number of aliphatic hydroxyl groups excluding tert-OH is 1. The molecule has 1 aromatic carbocycles. The molecule has 2 N–H and O–H groups in total. The summed E-state index contributed by atoms with van der Waals surface area (Å²) in [5, 5.41) is 12.4. The molecule has 0 unspecified atom stereocenters. The summed E-state index contributed by atoms with van der Waals surface area (Å²) in [6, 6.07) is 5.13. The summed E-state index contributed by atoms with van der Waals surface area (Å²) in [4.78, 5) is 12.0. The maximum atomic E-state index is 12.0. The van der Waals surface area contributed by atoms with Crippen LogP contribution in [0.4, 0.5) is 0 Å². The predicted octanol–water partition coefficient (Wildman–Crippen LogP) is 2.99. The lowest BCUT2D eigenvalue weighted by molar-refractivity contribution is 0.0940. The molecular weight excluding hydrogens is 318 g/mol. The van der Waals surface area contributed by atoms with E-state index in [4.69, 9.17) is 16.7 Å². The van der Waals surface area contributed by atoms with Crippen molar-refractivity contribution in [1.82, 2.24) is 5.32 Å². The molecule has 2 rings (SSSR count). The molecule has 0 aromatic heterocycles. The van der Waals surface area contributed by atoms with Crippen molar-refractivity contribution in [3.63, 3.8) is 0 Å². The Hall–Kier alpha value is -0.580. The number of hydrogen-bond donors (Lipinski definition) is 2. The van der Waals surface area contributed by atoms with Crippen molar-refractivity contribution in [3.05, 3.63) is 33.3 Å². The number of rotatable bonds is 5. The lowest BCUT2D eigenvalue weighted by atomic mass is 10.0. The van der Waals surface area contributed by atoms with Gasteiger partial charge < -0.3 is 10.4 Å². The lowest BCUT2D eigenvalue weighted by Crippen LogP contribution is -2.30. The van der Waals surface area contributed by atoms with E-state index in [-0.39, 0.29) is 17.9 Å². The zero-order chi connectivity index (χ0) is 13.2. The number of carbonyl (C=O) groups excluding carboxylic acids is 1. The summed E-state index contributed by atoms with van der Waals surface area (Å²) in [6.07, 6.45) is 2.91. The van der Waals surface area contributed by atoms with Gasteiger partial charge in [0.2, 0.25) is 0 Å². The summed E-state index contributed by atoms with van der Waals surface area (Å²) < 4.78 is 0.789. The van der Waals surface area contributed by atoms with E-state index in [1.807, 2.05) is 0 Å². The highest BCUT2D eigenvalue weighted by Gasteiger charge is 2.41. The quantitative estimate of drug-likeness (QED) is 0.871. The van der Waals surface area contributed by atoms with E-state index in [1.165, 1.54) is 0 Å². The molecule has 1 saturated carbocycles. The van der Waals surface area contributed by atoms with Crippen LogP contribution in [0.5, 0.6) is 0 Å². The highest BCUT2D eigenvalue weighted by Crippen LogP contribution is 2.47. The van der Waals surface area contributed by atoms with Crippen molar-refractivity contribution in [2.24, 2.45) is 5.41 Å². The second-order valence-corrected chi connectivity index (χ2v) is 6.17. The second-order valence-electron chi connectivity index (χ2n) is 4.81. The number of amides is 1. The SMILES string of the molecule is O=C(NCC1(CCO)CC1)c1cc(Cl)cc(Br)c1. The predicted molar refractivity (Wildman–Crippen MR) is 74.9 cm³/mol. The van der Waals surface area contributed by atoms with Gasteiger partial charge in [-0.1, -0.05) is 27.5 Å². The first-order valence-electron chi connectivity index (χ1n) is 5.90. The van der Waals surface area contributed by atoms with Crippen LogP contribution in [0, 0.1) is 5.41 Å². The van der Waals surface area contributed by atoms with Gasteiger partial charge in [-0.2, -0.15) is 0 Å². The van der Waals surface area contributed by atoms with Gasteiger partial charge in [0.25, 0.3) is 5.91 Å². The maximum Gasteiger partial charge on any atom is 0.251 e. The molecule has 1 aliphatic rings. The smallest absolute Gasteiger partial charge is 0.251 e. The van der Waals surface area contributed by atoms with Crippen molar-refractivity contribution in [3.8, 4) is 0 Å². The highest BCUT2D eigenvalue weighted by molar-refractivity contribution is 9.10. The monoisotopic (exact) mass is 331 g/mol. The van der Waals surface area contributed by atoms with Crippen molar-refractivity contribution < 1.29 is 9.90 Å². The van der Waals surface area contributed by atoms with Crippen molar-refractivity contribution in [1.29, 1.82) is 0 Å². The standard InChI is InChI=1S/C13H15BrClNO2/c14-10-5-9(6-11(15)7-10)12(18)16-8-13(1-2-13)3-4-17/h5-7,17H,1-4,8H2,(H,16,18). The number of carbonyl (C=O) groups is 1. The second kappa shape index (κ2) is 5.59. The van der Waals surface area contributed by atoms with Crippen molar-refractivity contribution in [2.45, 2.75) is 19.3 Å². The molecule has 0 aliphatic heterocycles. The van der Waals surface area contributed by atoms with Gasteiger partial charge >= 0.3 is 0 Å². The van der Waals surface area contributed by atoms with Gasteiger partial charge in [-0.15, -0.1) is 0 Å². The normalized spacial score (nSPS) is 16.4. The Kier molecular flexibility index (Phi) is 4.30. The molecule has 0 spiro atoms. The van der Waals surface area contributed by atoms with E-state index < -0.39 is 0 Å². The van der Waals surface area contributed by atoms with E-state index >= 15 is 0 Å². The molecule has 18 heavy (non-hydrogen) atoms. The van der Waals surface area contributed by atoms with Crippen molar-refractivity contribution in [2.75, 3.05) is 13.2 Å². The van der Waals surface area contributed by atoms with Gasteiger partial charge in [-0.05, 0) is 42.9 Å². The van der Waals surface area contributed by atoms with E-state index in [9.17, 15) is 4.79 Å². The van der Waals surface area contributed by atoms with Crippen LogP contribution in [0.3, 0.4) is 0 Å². The van der Waals surface area contributed by atoms with Crippen LogP contribution in [-0.2, 0) is 0 Å². The molecule has 1 fully saturated rings. The fourth-order valence-electron chi connectivity index (χ4n) is 1.98. The van der Waals surface area contributed by atoms with Gasteiger partial charge in [0.15, 0.2) is 0 Å². The van der Waals surface area contributed by atoms with Gasteiger partial charge in [0.05, 0.1) is 0 Å². The zero-order valence-corrected chi connectivity index (χ0v) is 12.2. The summed E-state index contributed by atoms with van der Waals surface area (Å²) in [5.41, 5.74) is 0.675. The Balaban J connectivity index is 1.95. The molecule has 1 amide bonds. The topological polar surface area (TPSA) is 49.3 Å².